The fourth-order valence-corrected chi connectivity index (χ4v) is 3.62. The minimum absolute atomic E-state index is 0.0552. The highest BCUT2D eigenvalue weighted by Gasteiger charge is 2.29. The Balaban J connectivity index is 2.02. The molecule has 0 amide bonds. The van der Waals surface area contributed by atoms with Crippen molar-refractivity contribution in [1.29, 1.82) is 0 Å². The van der Waals surface area contributed by atoms with Crippen molar-refractivity contribution in [2.75, 3.05) is 12.3 Å². The van der Waals surface area contributed by atoms with E-state index in [2.05, 4.69) is 5.10 Å². The summed E-state index contributed by atoms with van der Waals surface area (Å²) in [5.74, 6) is 0.0552. The highest BCUT2D eigenvalue weighted by molar-refractivity contribution is 7.89. The van der Waals surface area contributed by atoms with Gasteiger partial charge in [-0.05, 0) is 19.1 Å². The first-order valence-electron chi connectivity index (χ1n) is 6.89. The summed E-state index contributed by atoms with van der Waals surface area (Å²) in [4.78, 5) is 12.5. The van der Waals surface area contributed by atoms with Gasteiger partial charge in [0.2, 0.25) is 10.0 Å². The van der Waals surface area contributed by atoms with Gasteiger partial charge in [0.15, 0.2) is 0 Å². The molecule has 0 fully saturated rings. The van der Waals surface area contributed by atoms with Crippen LogP contribution < -0.4 is 5.56 Å². The minimum Gasteiger partial charge on any atom is -0.295 e. The van der Waals surface area contributed by atoms with E-state index in [1.807, 2.05) is 30.3 Å². The first-order chi connectivity index (χ1) is 10.0. The maximum Gasteiger partial charge on any atom is 0.276 e. The van der Waals surface area contributed by atoms with Crippen LogP contribution in [-0.2, 0) is 23.0 Å². The fourth-order valence-electron chi connectivity index (χ4n) is 2.56. The third kappa shape index (κ3) is 2.43. The van der Waals surface area contributed by atoms with Crippen LogP contribution in [0.5, 0.6) is 0 Å². The molecule has 21 heavy (non-hydrogen) atoms. The van der Waals surface area contributed by atoms with E-state index in [0.717, 1.165) is 11.4 Å². The molecule has 0 saturated heterocycles. The molecular weight excluding hydrogens is 290 g/mol. The SMILES string of the molecule is CCS(=O)(=O)N1CCc2[nH]n(-c3ccccc3)c(=O)c2C1. The second-order valence-electron chi connectivity index (χ2n) is 5.03. The summed E-state index contributed by atoms with van der Waals surface area (Å²) in [5, 5.41) is 3.09. The molecule has 1 N–H and O–H groups in total. The summed E-state index contributed by atoms with van der Waals surface area (Å²) < 4.78 is 26.8. The van der Waals surface area contributed by atoms with Crippen molar-refractivity contribution < 1.29 is 8.42 Å². The van der Waals surface area contributed by atoms with Gasteiger partial charge >= 0.3 is 0 Å². The lowest BCUT2D eigenvalue weighted by atomic mass is 10.1. The normalized spacial score (nSPS) is 15.9. The van der Waals surface area contributed by atoms with Gasteiger partial charge in [-0.15, -0.1) is 0 Å². The Morgan fingerprint density at radius 3 is 2.62 bits per heavy atom. The molecule has 6 nitrogen and oxygen atoms in total. The van der Waals surface area contributed by atoms with Gasteiger partial charge in [-0.1, -0.05) is 18.2 Å². The van der Waals surface area contributed by atoms with Gasteiger partial charge in [0, 0.05) is 25.2 Å². The molecule has 2 aromatic rings. The number of benzene rings is 1. The van der Waals surface area contributed by atoms with E-state index in [1.54, 1.807) is 6.92 Å². The number of nitrogens with one attached hydrogen (secondary N) is 1. The van der Waals surface area contributed by atoms with E-state index < -0.39 is 10.0 Å². The Hall–Kier alpha value is -1.86. The zero-order valence-corrected chi connectivity index (χ0v) is 12.6. The van der Waals surface area contributed by atoms with Crippen LogP contribution in [-0.4, -0.2) is 34.8 Å². The van der Waals surface area contributed by atoms with Crippen LogP contribution in [0.15, 0.2) is 35.1 Å². The monoisotopic (exact) mass is 307 g/mol. The second-order valence-corrected chi connectivity index (χ2v) is 7.29. The van der Waals surface area contributed by atoms with Crippen molar-refractivity contribution in [1.82, 2.24) is 14.1 Å². The summed E-state index contributed by atoms with van der Waals surface area (Å²) in [6.45, 7) is 2.18. The number of hydrogen-bond donors (Lipinski definition) is 1. The van der Waals surface area contributed by atoms with Crippen LogP contribution >= 0.6 is 0 Å². The molecule has 1 aromatic carbocycles. The van der Waals surface area contributed by atoms with Crippen molar-refractivity contribution in [3.63, 3.8) is 0 Å². The number of H-pyrrole nitrogens is 1. The van der Waals surface area contributed by atoms with Crippen LogP contribution in [0.1, 0.15) is 18.2 Å². The summed E-state index contributed by atoms with van der Waals surface area (Å²) in [5.41, 5.74) is 1.95. The third-order valence-electron chi connectivity index (χ3n) is 3.79. The molecule has 112 valence electrons. The number of fused-ring (bicyclic) bond motifs is 1. The van der Waals surface area contributed by atoms with E-state index in [9.17, 15) is 13.2 Å². The summed E-state index contributed by atoms with van der Waals surface area (Å²) >= 11 is 0. The topological polar surface area (TPSA) is 75.2 Å². The molecule has 0 aliphatic carbocycles. The maximum atomic E-state index is 12.5. The molecule has 7 heteroatoms. The molecule has 2 heterocycles. The lowest BCUT2D eigenvalue weighted by Crippen LogP contribution is -2.38. The fraction of sp³-hybridized carbons (Fsp3) is 0.357. The zero-order chi connectivity index (χ0) is 15.0. The van der Waals surface area contributed by atoms with Gasteiger partial charge in [0.25, 0.3) is 5.56 Å². The van der Waals surface area contributed by atoms with E-state index in [1.165, 1.54) is 8.99 Å². The predicted molar refractivity (Wildman–Crippen MR) is 80.0 cm³/mol. The maximum absolute atomic E-state index is 12.5. The average molecular weight is 307 g/mol. The molecule has 1 aliphatic heterocycles. The zero-order valence-electron chi connectivity index (χ0n) is 11.7. The quantitative estimate of drug-likeness (QED) is 0.914. The third-order valence-corrected chi connectivity index (χ3v) is 5.62. The molecule has 0 radical (unpaired) electrons. The van der Waals surface area contributed by atoms with Gasteiger partial charge in [0.05, 0.1) is 17.0 Å². The van der Waals surface area contributed by atoms with Crippen LogP contribution in [0.25, 0.3) is 5.69 Å². The number of aromatic amines is 1. The molecule has 1 aliphatic rings. The van der Waals surface area contributed by atoms with Crippen LogP contribution in [0.4, 0.5) is 0 Å². The summed E-state index contributed by atoms with van der Waals surface area (Å²) in [7, 11) is -3.26. The summed E-state index contributed by atoms with van der Waals surface area (Å²) in [6, 6.07) is 9.27. The van der Waals surface area contributed by atoms with Crippen molar-refractivity contribution in [2.24, 2.45) is 0 Å². The Bertz CT molecular complexity index is 806. The first kappa shape index (κ1) is 14.1. The number of nitrogens with zero attached hydrogens (tertiary/aromatic N) is 2. The Labute approximate surface area is 123 Å². The molecule has 3 rings (SSSR count). The van der Waals surface area contributed by atoms with Crippen molar-refractivity contribution in [3.8, 4) is 5.69 Å². The molecule has 0 saturated carbocycles. The Morgan fingerprint density at radius 2 is 1.95 bits per heavy atom. The highest BCUT2D eigenvalue weighted by Crippen LogP contribution is 2.18. The lowest BCUT2D eigenvalue weighted by molar-refractivity contribution is 0.390. The van der Waals surface area contributed by atoms with Gasteiger partial charge in [0.1, 0.15) is 0 Å². The molecule has 0 unspecified atom stereocenters. The highest BCUT2D eigenvalue weighted by atomic mass is 32.2. The first-order valence-corrected chi connectivity index (χ1v) is 8.50. The van der Waals surface area contributed by atoms with Crippen molar-refractivity contribution in [2.45, 2.75) is 19.9 Å². The number of para-hydroxylation sites is 1. The smallest absolute Gasteiger partial charge is 0.276 e. The number of rotatable bonds is 3. The Morgan fingerprint density at radius 1 is 1.24 bits per heavy atom. The lowest BCUT2D eigenvalue weighted by Gasteiger charge is -2.24. The predicted octanol–water partition coefficient (Wildman–Crippen LogP) is 0.873. The van der Waals surface area contributed by atoms with Crippen molar-refractivity contribution in [3.05, 3.63) is 51.9 Å². The second kappa shape index (κ2) is 5.16. The molecule has 0 atom stereocenters. The molecule has 1 aromatic heterocycles. The number of aromatic nitrogens is 2. The van der Waals surface area contributed by atoms with Crippen LogP contribution in [0.2, 0.25) is 0 Å². The van der Waals surface area contributed by atoms with E-state index in [-0.39, 0.29) is 17.9 Å². The van der Waals surface area contributed by atoms with Crippen molar-refractivity contribution >= 4 is 10.0 Å². The molecule has 0 bridgehead atoms. The van der Waals surface area contributed by atoms with Gasteiger partial charge in [-0.3, -0.25) is 9.89 Å². The molecule has 0 spiro atoms. The minimum atomic E-state index is -3.26. The van der Waals surface area contributed by atoms with Gasteiger partial charge < -0.3 is 0 Å². The number of sulfonamides is 1. The van der Waals surface area contributed by atoms with E-state index in [0.29, 0.717) is 18.5 Å². The van der Waals surface area contributed by atoms with Gasteiger partial charge in [-0.2, -0.15) is 4.31 Å². The van der Waals surface area contributed by atoms with E-state index in [4.69, 9.17) is 0 Å². The Kier molecular flexibility index (Phi) is 3.46. The van der Waals surface area contributed by atoms with Gasteiger partial charge in [-0.25, -0.2) is 13.1 Å². The number of hydrogen-bond acceptors (Lipinski definition) is 3. The average Bonchev–Trinajstić information content (AvgIpc) is 2.85. The largest absolute Gasteiger partial charge is 0.295 e. The standard InChI is InChI=1S/C14H17N3O3S/c1-2-21(19,20)16-9-8-13-12(10-16)14(18)17(15-13)11-6-4-3-5-7-11/h3-7,15H,2,8-10H2,1H3. The van der Waals surface area contributed by atoms with E-state index >= 15 is 0 Å². The van der Waals surface area contributed by atoms with Crippen LogP contribution in [0, 0.1) is 0 Å². The van der Waals surface area contributed by atoms with Crippen LogP contribution in [0.3, 0.4) is 0 Å². The summed E-state index contributed by atoms with van der Waals surface area (Å²) in [6.07, 6.45) is 0.531. The molecular formula is C14H17N3O3S.